The van der Waals surface area contributed by atoms with E-state index < -0.39 is 15.9 Å². The SMILES string of the molecule is COc1ccc([Te](Cl)(Cl)/C=C(\Cl)c2ccc(C)cc2)cc1. The Bertz CT molecular complexity index is 634. The van der Waals surface area contributed by atoms with Gasteiger partial charge in [0.15, 0.2) is 0 Å². The van der Waals surface area contributed by atoms with E-state index in [0.717, 1.165) is 14.9 Å². The number of halogens is 3. The van der Waals surface area contributed by atoms with Crippen molar-refractivity contribution in [2.45, 2.75) is 6.92 Å². The molecule has 1 nitrogen and oxygen atoms in total. The first-order valence-electron chi connectivity index (χ1n) is 6.23. The molecule has 2 rings (SSSR count). The van der Waals surface area contributed by atoms with E-state index in [2.05, 4.69) is 0 Å². The van der Waals surface area contributed by atoms with Crippen molar-refractivity contribution < 1.29 is 4.74 Å². The van der Waals surface area contributed by atoms with Gasteiger partial charge < -0.3 is 0 Å². The van der Waals surface area contributed by atoms with Crippen LogP contribution in [0, 0.1) is 6.92 Å². The maximum atomic E-state index is 6.59. The Morgan fingerprint density at radius 2 is 1.57 bits per heavy atom. The number of benzene rings is 2. The average Bonchev–Trinajstić information content (AvgIpc) is 2.47. The number of methoxy groups -OCH3 is 1. The number of ether oxygens (including phenoxy) is 1. The molecule has 0 spiro atoms. The Balaban J connectivity index is 2.29. The second kappa shape index (κ2) is 7.27. The number of hydrogen-bond acceptors (Lipinski definition) is 1. The second-order valence-electron chi connectivity index (χ2n) is 4.52. The summed E-state index contributed by atoms with van der Waals surface area (Å²) in [7, 11) is 14.8. The van der Waals surface area contributed by atoms with Crippen molar-refractivity contribution in [2.75, 3.05) is 7.11 Å². The minimum atomic E-state index is -3.36. The summed E-state index contributed by atoms with van der Waals surface area (Å²) in [6, 6.07) is 15.5. The van der Waals surface area contributed by atoms with Crippen molar-refractivity contribution in [3.63, 3.8) is 0 Å². The molecule has 0 bridgehead atoms. The molecule has 0 unspecified atom stereocenters. The minimum absolute atomic E-state index is 0.594. The van der Waals surface area contributed by atoms with Gasteiger partial charge in [-0.2, -0.15) is 0 Å². The predicted molar refractivity (Wildman–Crippen MR) is 95.1 cm³/mol. The van der Waals surface area contributed by atoms with Gasteiger partial charge in [-0.25, -0.2) is 0 Å². The van der Waals surface area contributed by atoms with Crippen molar-refractivity contribution in [3.8, 4) is 5.75 Å². The zero-order chi connectivity index (χ0) is 15.5. The van der Waals surface area contributed by atoms with E-state index in [1.807, 2.05) is 59.6 Å². The Morgan fingerprint density at radius 3 is 2.10 bits per heavy atom. The van der Waals surface area contributed by atoms with Crippen LogP contribution in [-0.2, 0) is 0 Å². The van der Waals surface area contributed by atoms with Crippen molar-refractivity contribution in [3.05, 3.63) is 63.8 Å². The fourth-order valence-corrected chi connectivity index (χ4v) is 8.89. The molecule has 0 atom stereocenters. The van der Waals surface area contributed by atoms with Gasteiger partial charge in [0.05, 0.1) is 0 Å². The molecule has 2 aromatic carbocycles. The number of rotatable bonds is 4. The van der Waals surface area contributed by atoms with Gasteiger partial charge in [-0.3, -0.25) is 0 Å². The fraction of sp³-hybridized carbons (Fsp3) is 0.125. The van der Waals surface area contributed by atoms with Crippen molar-refractivity contribution in [2.24, 2.45) is 0 Å². The van der Waals surface area contributed by atoms with Crippen LogP contribution in [0.5, 0.6) is 5.75 Å². The summed E-state index contributed by atoms with van der Waals surface area (Å²) in [5, 5.41) is 0.594. The third-order valence-corrected chi connectivity index (χ3v) is 11.4. The Labute approximate surface area is 141 Å². The van der Waals surface area contributed by atoms with Gasteiger partial charge in [0.1, 0.15) is 0 Å². The summed E-state index contributed by atoms with van der Waals surface area (Å²) in [6.07, 6.45) is 0. The van der Waals surface area contributed by atoms with Crippen molar-refractivity contribution >= 4 is 54.1 Å². The molecule has 0 N–H and O–H groups in total. The zero-order valence-electron chi connectivity index (χ0n) is 11.6. The molecule has 21 heavy (non-hydrogen) atoms. The summed E-state index contributed by atoms with van der Waals surface area (Å²) in [6.45, 7) is 2.03. The van der Waals surface area contributed by atoms with Crippen LogP contribution in [0.2, 0.25) is 0 Å². The molecule has 0 fully saturated rings. The van der Waals surface area contributed by atoms with E-state index in [9.17, 15) is 0 Å². The second-order valence-corrected chi connectivity index (χ2v) is 17.4. The predicted octanol–water partition coefficient (Wildman–Crippen LogP) is 4.95. The van der Waals surface area contributed by atoms with Gasteiger partial charge in [-0.05, 0) is 0 Å². The van der Waals surface area contributed by atoms with E-state index in [0.29, 0.717) is 5.03 Å². The normalized spacial score (nSPS) is 13.1. The molecule has 5 heteroatoms. The van der Waals surface area contributed by atoms with Gasteiger partial charge in [0.2, 0.25) is 0 Å². The standard InChI is InChI=1S/C16H15Cl3OTe/c1-12-3-5-13(6-4-12)16(17)11-21(18,19)15-9-7-14(20-2)8-10-15/h3-11H,1-2H3/b16-11-. The van der Waals surface area contributed by atoms with Crippen LogP contribution in [0.4, 0.5) is 0 Å². The molecule has 0 amide bonds. The monoisotopic (exact) mass is 458 g/mol. The molecule has 0 heterocycles. The van der Waals surface area contributed by atoms with Crippen LogP contribution in [0.15, 0.2) is 52.7 Å². The molecule has 0 aliphatic rings. The summed E-state index contributed by atoms with van der Waals surface area (Å²) in [4.78, 5) is 0. The third kappa shape index (κ3) is 4.55. The number of aryl methyl sites for hydroxylation is 1. The topological polar surface area (TPSA) is 9.23 Å². The summed E-state index contributed by atoms with van der Waals surface area (Å²) >= 11 is 3.01. The molecule has 0 aliphatic carbocycles. The van der Waals surface area contributed by atoms with Crippen LogP contribution >= 0.6 is 29.5 Å². The van der Waals surface area contributed by atoms with Crippen molar-refractivity contribution in [1.29, 1.82) is 0 Å². The Morgan fingerprint density at radius 1 is 1.00 bits per heavy atom. The summed E-state index contributed by atoms with van der Waals surface area (Å²) in [5.41, 5.74) is 2.11. The quantitative estimate of drug-likeness (QED) is 0.591. The van der Waals surface area contributed by atoms with E-state index in [1.54, 1.807) is 7.11 Å². The van der Waals surface area contributed by atoms with Crippen LogP contribution in [0.1, 0.15) is 11.1 Å². The average molecular weight is 457 g/mol. The molecular weight excluding hydrogens is 442 g/mol. The van der Waals surface area contributed by atoms with Crippen LogP contribution in [0.25, 0.3) is 5.03 Å². The molecular formula is C16H15Cl3OTe. The van der Waals surface area contributed by atoms with E-state index in [-0.39, 0.29) is 0 Å². The van der Waals surface area contributed by atoms with Crippen LogP contribution in [-0.4, -0.2) is 23.1 Å². The molecule has 0 saturated carbocycles. The van der Waals surface area contributed by atoms with Gasteiger partial charge in [0.25, 0.3) is 0 Å². The summed E-state index contributed by atoms with van der Waals surface area (Å²) < 4.78 is 7.88. The first kappa shape index (κ1) is 17.0. The zero-order valence-corrected chi connectivity index (χ0v) is 16.2. The molecule has 0 saturated heterocycles. The first-order chi connectivity index (χ1) is 9.92. The molecule has 0 radical (unpaired) electrons. The van der Waals surface area contributed by atoms with Gasteiger partial charge in [-0.1, -0.05) is 0 Å². The molecule has 0 aliphatic heterocycles. The van der Waals surface area contributed by atoms with Crippen molar-refractivity contribution in [1.82, 2.24) is 0 Å². The molecule has 112 valence electrons. The Hall–Kier alpha value is -0.360. The fourth-order valence-electron chi connectivity index (χ4n) is 1.74. The van der Waals surface area contributed by atoms with Gasteiger partial charge in [-0.15, -0.1) is 0 Å². The number of hydrogen-bond donors (Lipinski definition) is 0. The van der Waals surface area contributed by atoms with Crippen LogP contribution < -0.4 is 8.35 Å². The maximum absolute atomic E-state index is 6.59. The van der Waals surface area contributed by atoms with E-state index in [1.165, 1.54) is 5.56 Å². The van der Waals surface area contributed by atoms with E-state index >= 15 is 0 Å². The van der Waals surface area contributed by atoms with Gasteiger partial charge in [0, 0.05) is 0 Å². The molecule has 2 aromatic rings. The van der Waals surface area contributed by atoms with Gasteiger partial charge >= 0.3 is 142 Å². The first-order valence-corrected chi connectivity index (χ1v) is 15.0. The third-order valence-electron chi connectivity index (χ3n) is 2.95. The van der Waals surface area contributed by atoms with E-state index in [4.69, 9.17) is 34.3 Å². The van der Waals surface area contributed by atoms with Crippen LogP contribution in [0.3, 0.4) is 0 Å². The molecule has 0 aromatic heterocycles. The Kier molecular flexibility index (Phi) is 5.88. The summed E-state index contributed by atoms with van der Waals surface area (Å²) in [5.74, 6) is 0.777.